The Bertz CT molecular complexity index is 668. The third-order valence-corrected chi connectivity index (χ3v) is 3.78. The molecule has 3 heterocycles. The van der Waals surface area contributed by atoms with E-state index in [1.54, 1.807) is 13.1 Å². The Kier molecular flexibility index (Phi) is 4.57. The van der Waals surface area contributed by atoms with Crippen molar-refractivity contribution in [1.29, 1.82) is 0 Å². The van der Waals surface area contributed by atoms with Crippen molar-refractivity contribution in [3.05, 3.63) is 41.5 Å². The van der Waals surface area contributed by atoms with Crippen LogP contribution in [0.25, 0.3) is 0 Å². The van der Waals surface area contributed by atoms with Gasteiger partial charge < -0.3 is 19.3 Å². The summed E-state index contributed by atoms with van der Waals surface area (Å²) in [6, 6.07) is 3.52. The maximum Gasteiger partial charge on any atom is 0.256 e. The number of nitrogens with one attached hydrogen (secondary N) is 1. The van der Waals surface area contributed by atoms with Crippen LogP contribution in [0.4, 0.5) is 0 Å². The predicted octanol–water partition coefficient (Wildman–Crippen LogP) is 1.65. The van der Waals surface area contributed by atoms with Crippen LogP contribution in [0, 0.1) is 13.8 Å². The summed E-state index contributed by atoms with van der Waals surface area (Å²) < 4.78 is 16.4. The minimum atomic E-state index is -0.244. The van der Waals surface area contributed by atoms with Gasteiger partial charge >= 0.3 is 0 Å². The number of nitrogens with zero attached hydrogens (tertiary/aromatic N) is 2. The lowest BCUT2D eigenvalue weighted by Crippen LogP contribution is -2.51. The molecule has 7 nitrogen and oxygen atoms in total. The number of aromatic nitrogens is 2. The van der Waals surface area contributed by atoms with E-state index in [1.165, 1.54) is 6.20 Å². The average Bonchev–Trinajstić information content (AvgIpc) is 2.97. The van der Waals surface area contributed by atoms with E-state index in [0.717, 1.165) is 5.69 Å². The molecule has 0 saturated carbocycles. The van der Waals surface area contributed by atoms with Crippen LogP contribution in [-0.2, 0) is 4.74 Å². The van der Waals surface area contributed by atoms with Crippen molar-refractivity contribution in [2.24, 2.45) is 0 Å². The lowest BCUT2D eigenvalue weighted by molar-refractivity contribution is -0.00303. The predicted molar refractivity (Wildman–Crippen MR) is 81.3 cm³/mol. The van der Waals surface area contributed by atoms with Crippen molar-refractivity contribution >= 4 is 5.91 Å². The van der Waals surface area contributed by atoms with Crippen molar-refractivity contribution in [3.8, 4) is 5.75 Å². The second-order valence-electron chi connectivity index (χ2n) is 5.53. The first-order chi connectivity index (χ1) is 11.1. The van der Waals surface area contributed by atoms with Gasteiger partial charge in [0.15, 0.2) is 0 Å². The van der Waals surface area contributed by atoms with Crippen molar-refractivity contribution in [1.82, 2.24) is 15.5 Å². The molecule has 0 radical (unpaired) electrons. The van der Waals surface area contributed by atoms with Crippen LogP contribution in [0.1, 0.15) is 28.2 Å². The van der Waals surface area contributed by atoms with Gasteiger partial charge in [-0.05, 0) is 26.0 Å². The number of carbonyl (C=O) groups is 1. The first-order valence-corrected chi connectivity index (χ1v) is 7.52. The van der Waals surface area contributed by atoms with Crippen molar-refractivity contribution < 1.29 is 18.8 Å². The minimum absolute atomic E-state index is 0.169. The third-order valence-electron chi connectivity index (χ3n) is 3.78. The summed E-state index contributed by atoms with van der Waals surface area (Å²) >= 11 is 0. The molecule has 1 saturated heterocycles. The van der Waals surface area contributed by atoms with Gasteiger partial charge in [-0.3, -0.25) is 9.78 Å². The van der Waals surface area contributed by atoms with Gasteiger partial charge in [0.05, 0.1) is 31.6 Å². The van der Waals surface area contributed by atoms with E-state index < -0.39 is 0 Å². The van der Waals surface area contributed by atoms with Crippen LogP contribution in [-0.4, -0.2) is 41.4 Å². The highest BCUT2D eigenvalue weighted by Gasteiger charge is 2.30. The molecule has 7 heteroatoms. The largest absolute Gasteiger partial charge is 0.486 e. The molecule has 23 heavy (non-hydrogen) atoms. The smallest absolute Gasteiger partial charge is 0.256 e. The molecule has 1 aliphatic heterocycles. The van der Waals surface area contributed by atoms with E-state index >= 15 is 0 Å². The van der Waals surface area contributed by atoms with E-state index in [0.29, 0.717) is 36.7 Å². The van der Waals surface area contributed by atoms with Crippen LogP contribution in [0.3, 0.4) is 0 Å². The quantitative estimate of drug-likeness (QED) is 0.923. The summed E-state index contributed by atoms with van der Waals surface area (Å²) in [4.78, 5) is 16.5. The summed E-state index contributed by atoms with van der Waals surface area (Å²) in [6.07, 6.45) is 3.63. The fourth-order valence-corrected chi connectivity index (χ4v) is 2.46. The molecule has 0 spiro atoms. The highest BCUT2D eigenvalue weighted by atomic mass is 16.5. The maximum absolute atomic E-state index is 12.3. The Balaban J connectivity index is 1.67. The van der Waals surface area contributed by atoms with Crippen molar-refractivity contribution in [2.45, 2.75) is 32.4 Å². The van der Waals surface area contributed by atoms with Gasteiger partial charge in [0.1, 0.15) is 23.2 Å². The van der Waals surface area contributed by atoms with E-state index in [1.807, 2.05) is 19.1 Å². The van der Waals surface area contributed by atoms with Gasteiger partial charge in [0, 0.05) is 12.1 Å². The zero-order chi connectivity index (χ0) is 16.2. The molecule has 1 amide bonds. The van der Waals surface area contributed by atoms with E-state index in [9.17, 15) is 4.79 Å². The molecule has 0 aromatic carbocycles. The number of hydrogen-bond donors (Lipinski definition) is 1. The summed E-state index contributed by atoms with van der Waals surface area (Å²) in [6.45, 7) is 4.62. The summed E-state index contributed by atoms with van der Waals surface area (Å²) in [7, 11) is 0. The van der Waals surface area contributed by atoms with E-state index in [-0.39, 0.29) is 18.1 Å². The number of hydrogen-bond acceptors (Lipinski definition) is 6. The first kappa shape index (κ1) is 15.5. The summed E-state index contributed by atoms with van der Waals surface area (Å²) in [5, 5.41) is 6.56. The number of rotatable bonds is 4. The van der Waals surface area contributed by atoms with Gasteiger partial charge in [-0.2, -0.15) is 0 Å². The molecule has 0 unspecified atom stereocenters. The maximum atomic E-state index is 12.3. The first-order valence-electron chi connectivity index (χ1n) is 7.52. The SMILES string of the molecule is Cc1ccc(O[C@@H]2CCOC[C@@H]2NC(=O)c2cnoc2C)cn1. The Labute approximate surface area is 134 Å². The number of carbonyl (C=O) groups excluding carboxylic acids is 1. The highest BCUT2D eigenvalue weighted by molar-refractivity contribution is 5.94. The molecule has 3 rings (SSSR count). The molecule has 1 aliphatic rings. The zero-order valence-corrected chi connectivity index (χ0v) is 13.1. The lowest BCUT2D eigenvalue weighted by Gasteiger charge is -2.32. The third kappa shape index (κ3) is 3.68. The molecule has 0 aliphatic carbocycles. The van der Waals surface area contributed by atoms with Gasteiger partial charge in [0.2, 0.25) is 0 Å². The second kappa shape index (κ2) is 6.78. The molecule has 122 valence electrons. The van der Waals surface area contributed by atoms with Crippen LogP contribution in [0.2, 0.25) is 0 Å². The molecule has 1 fully saturated rings. The van der Waals surface area contributed by atoms with Crippen LogP contribution < -0.4 is 10.1 Å². The number of aryl methyl sites for hydroxylation is 2. The molecular formula is C16H19N3O4. The standard InChI is InChI=1S/C16H19N3O4/c1-10-3-4-12(7-17-10)22-15-5-6-21-9-14(15)19-16(20)13-8-18-23-11(13)2/h3-4,7-8,14-15H,5-6,9H2,1-2H3,(H,19,20)/t14-,15+/m0/s1. The fraction of sp³-hybridized carbons (Fsp3) is 0.438. The van der Waals surface area contributed by atoms with Gasteiger partial charge in [0.25, 0.3) is 5.91 Å². The topological polar surface area (TPSA) is 86.5 Å². The van der Waals surface area contributed by atoms with Gasteiger partial charge in [-0.1, -0.05) is 5.16 Å². The Morgan fingerprint density at radius 1 is 1.35 bits per heavy atom. The minimum Gasteiger partial charge on any atom is -0.486 e. The number of amides is 1. The monoisotopic (exact) mass is 317 g/mol. The van der Waals surface area contributed by atoms with Crippen molar-refractivity contribution in [2.75, 3.05) is 13.2 Å². The zero-order valence-electron chi connectivity index (χ0n) is 13.1. The molecule has 2 atom stereocenters. The van der Waals surface area contributed by atoms with Gasteiger partial charge in [-0.15, -0.1) is 0 Å². The summed E-state index contributed by atoms with van der Waals surface area (Å²) in [5.74, 6) is 0.928. The summed E-state index contributed by atoms with van der Waals surface area (Å²) in [5.41, 5.74) is 1.35. The molecule has 2 aromatic rings. The fourth-order valence-electron chi connectivity index (χ4n) is 2.46. The molecule has 2 aromatic heterocycles. The van der Waals surface area contributed by atoms with E-state index in [2.05, 4.69) is 15.5 Å². The Hall–Kier alpha value is -2.41. The van der Waals surface area contributed by atoms with Crippen molar-refractivity contribution in [3.63, 3.8) is 0 Å². The van der Waals surface area contributed by atoms with E-state index in [4.69, 9.17) is 14.0 Å². The average molecular weight is 317 g/mol. The highest BCUT2D eigenvalue weighted by Crippen LogP contribution is 2.18. The molecule has 0 bridgehead atoms. The lowest BCUT2D eigenvalue weighted by atomic mass is 10.1. The second-order valence-corrected chi connectivity index (χ2v) is 5.53. The number of pyridine rings is 1. The Morgan fingerprint density at radius 2 is 2.22 bits per heavy atom. The van der Waals surface area contributed by atoms with Gasteiger partial charge in [-0.25, -0.2) is 0 Å². The van der Waals surface area contributed by atoms with Crippen LogP contribution in [0.15, 0.2) is 29.0 Å². The van der Waals surface area contributed by atoms with Crippen LogP contribution >= 0.6 is 0 Å². The number of ether oxygens (including phenoxy) is 2. The van der Waals surface area contributed by atoms with Crippen LogP contribution in [0.5, 0.6) is 5.75 Å². The normalized spacial score (nSPS) is 21.0. The Morgan fingerprint density at radius 3 is 2.91 bits per heavy atom. The molecular weight excluding hydrogens is 298 g/mol. The molecule has 1 N–H and O–H groups in total.